The molecule has 10 heteroatoms. The van der Waals surface area contributed by atoms with E-state index in [-0.39, 0.29) is 30.0 Å². The Kier molecular flexibility index (Phi) is 11.7. The van der Waals surface area contributed by atoms with Crippen LogP contribution in [0.25, 0.3) is 0 Å². The van der Waals surface area contributed by atoms with E-state index in [4.69, 9.17) is 21.8 Å². The van der Waals surface area contributed by atoms with E-state index in [9.17, 15) is 9.59 Å². The first kappa shape index (κ1) is 32.2. The molecule has 2 aromatic rings. The first-order valence-electron chi connectivity index (χ1n) is 15.2. The van der Waals surface area contributed by atoms with Gasteiger partial charge in [-0.3, -0.25) is 20.4 Å². The number of carbonyl (C=O) groups is 2. The van der Waals surface area contributed by atoms with E-state index in [2.05, 4.69) is 26.6 Å². The molecule has 0 bridgehead atoms. The van der Waals surface area contributed by atoms with Crippen LogP contribution >= 0.6 is 15.9 Å². The van der Waals surface area contributed by atoms with Crippen molar-refractivity contribution in [1.82, 2.24) is 15.5 Å². The van der Waals surface area contributed by atoms with Gasteiger partial charge in [-0.25, -0.2) is 0 Å². The van der Waals surface area contributed by atoms with E-state index >= 15 is 0 Å². The van der Waals surface area contributed by atoms with E-state index < -0.39 is 12.0 Å². The lowest BCUT2D eigenvalue weighted by molar-refractivity contribution is -0.131. The summed E-state index contributed by atoms with van der Waals surface area (Å²) in [5.74, 6) is -0.0673. The molecular formula is C33H42BrN7O2. The number of amides is 2. The second-order valence-corrected chi connectivity index (χ2v) is 12.7. The second-order valence-electron chi connectivity index (χ2n) is 11.8. The Balaban J connectivity index is 1.46. The number of nitrogen functional groups attached to an aromatic ring is 1. The van der Waals surface area contributed by atoms with Crippen molar-refractivity contribution in [3.8, 4) is 6.07 Å². The van der Waals surface area contributed by atoms with Gasteiger partial charge in [0.25, 0.3) is 0 Å². The Morgan fingerprint density at radius 2 is 1.72 bits per heavy atom. The quantitative estimate of drug-likeness (QED) is 0.174. The molecule has 43 heavy (non-hydrogen) atoms. The van der Waals surface area contributed by atoms with Crippen LogP contribution in [-0.2, 0) is 16.0 Å². The molecule has 0 aromatic heterocycles. The van der Waals surface area contributed by atoms with Gasteiger partial charge in [-0.1, -0.05) is 71.6 Å². The number of nitriles is 1. The van der Waals surface area contributed by atoms with Crippen molar-refractivity contribution < 1.29 is 9.59 Å². The van der Waals surface area contributed by atoms with Crippen LogP contribution in [0.2, 0.25) is 0 Å². The number of amidine groups is 2. The Morgan fingerprint density at radius 1 is 1.02 bits per heavy atom. The Bertz CT molecular complexity index is 1330. The third-order valence-electron chi connectivity index (χ3n) is 8.78. The van der Waals surface area contributed by atoms with Crippen molar-refractivity contribution in [3.63, 3.8) is 0 Å². The maximum absolute atomic E-state index is 14.0. The lowest BCUT2D eigenvalue weighted by Gasteiger charge is -2.34. The molecule has 4 rings (SSSR count). The molecule has 1 aliphatic heterocycles. The van der Waals surface area contributed by atoms with Crippen molar-refractivity contribution in [2.45, 2.75) is 69.7 Å². The number of hydrogen-bond acceptors (Lipinski definition) is 5. The summed E-state index contributed by atoms with van der Waals surface area (Å²) in [6, 6.07) is 16.6. The number of piperidine rings is 1. The lowest BCUT2D eigenvalue weighted by atomic mass is 9.82. The molecule has 9 nitrogen and oxygen atoms in total. The molecule has 1 unspecified atom stereocenters. The van der Waals surface area contributed by atoms with E-state index in [1.165, 1.54) is 0 Å². The van der Waals surface area contributed by atoms with Crippen LogP contribution in [0.15, 0.2) is 53.0 Å². The molecule has 2 amide bonds. The van der Waals surface area contributed by atoms with Crippen molar-refractivity contribution in [2.24, 2.45) is 17.6 Å². The van der Waals surface area contributed by atoms with Gasteiger partial charge in [-0.2, -0.15) is 5.26 Å². The van der Waals surface area contributed by atoms with Gasteiger partial charge < -0.3 is 21.3 Å². The number of rotatable bonds is 11. The van der Waals surface area contributed by atoms with E-state index in [1.807, 2.05) is 47.4 Å². The fraction of sp³-hybridized carbons (Fsp3) is 0.485. The maximum Gasteiger partial charge on any atom is 0.242 e. The van der Waals surface area contributed by atoms with Crippen LogP contribution in [0.5, 0.6) is 0 Å². The van der Waals surface area contributed by atoms with Crippen LogP contribution < -0.4 is 16.4 Å². The third-order valence-corrected chi connectivity index (χ3v) is 9.27. The van der Waals surface area contributed by atoms with Gasteiger partial charge in [0.1, 0.15) is 17.7 Å². The van der Waals surface area contributed by atoms with Gasteiger partial charge in [0.15, 0.2) is 0 Å². The smallest absolute Gasteiger partial charge is 0.242 e. The Morgan fingerprint density at radius 3 is 2.35 bits per heavy atom. The molecule has 0 radical (unpaired) electrons. The average molecular weight is 649 g/mol. The number of nitrogens with two attached hydrogens (primary N) is 1. The molecule has 2 aliphatic rings. The molecule has 1 aliphatic carbocycles. The number of benzene rings is 2. The molecule has 228 valence electrons. The predicted molar refractivity (Wildman–Crippen MR) is 172 cm³/mol. The highest BCUT2D eigenvalue weighted by atomic mass is 79.9. The summed E-state index contributed by atoms with van der Waals surface area (Å²) in [7, 11) is 0. The zero-order valence-electron chi connectivity index (χ0n) is 24.6. The molecule has 2 aromatic carbocycles. The van der Waals surface area contributed by atoms with Crippen LogP contribution in [0.1, 0.15) is 74.0 Å². The minimum Gasteiger partial charge on any atom is -0.384 e. The molecule has 1 heterocycles. The molecule has 2 fully saturated rings. The monoisotopic (exact) mass is 647 g/mol. The van der Waals surface area contributed by atoms with Gasteiger partial charge in [0, 0.05) is 29.7 Å². The average Bonchev–Trinajstić information content (AvgIpc) is 3.02. The van der Waals surface area contributed by atoms with Crippen LogP contribution in [-0.4, -0.2) is 54.1 Å². The number of halogens is 1. The molecular weight excluding hydrogens is 606 g/mol. The van der Waals surface area contributed by atoms with Crippen LogP contribution in [0, 0.1) is 34.0 Å². The van der Waals surface area contributed by atoms with E-state index in [1.54, 1.807) is 12.1 Å². The van der Waals surface area contributed by atoms with Crippen molar-refractivity contribution in [1.29, 1.82) is 16.1 Å². The summed E-state index contributed by atoms with van der Waals surface area (Å²) in [6.07, 6.45) is 7.33. The highest BCUT2D eigenvalue weighted by molar-refractivity contribution is 9.10. The highest BCUT2D eigenvalue weighted by Gasteiger charge is 2.34. The molecule has 1 saturated heterocycles. The first-order valence-corrected chi connectivity index (χ1v) is 16.0. The third kappa shape index (κ3) is 9.14. The maximum atomic E-state index is 14.0. The fourth-order valence-electron chi connectivity index (χ4n) is 6.21. The highest BCUT2D eigenvalue weighted by Crippen LogP contribution is 2.29. The summed E-state index contributed by atoms with van der Waals surface area (Å²) in [4.78, 5) is 29.7. The van der Waals surface area contributed by atoms with Crippen LogP contribution in [0.4, 0.5) is 0 Å². The number of hydrogen-bond donors (Lipinski definition) is 5. The van der Waals surface area contributed by atoms with Crippen LogP contribution in [0.3, 0.4) is 0 Å². The lowest BCUT2D eigenvalue weighted by Crippen LogP contribution is -2.53. The van der Waals surface area contributed by atoms with Crippen molar-refractivity contribution in [2.75, 3.05) is 19.6 Å². The molecule has 0 spiro atoms. The fourth-order valence-corrected chi connectivity index (χ4v) is 6.63. The van der Waals surface area contributed by atoms with Gasteiger partial charge in [-0.15, -0.1) is 0 Å². The molecule has 2 atom stereocenters. The zero-order valence-corrected chi connectivity index (χ0v) is 26.2. The summed E-state index contributed by atoms with van der Waals surface area (Å²) >= 11 is 3.54. The topological polar surface area (TPSA) is 159 Å². The summed E-state index contributed by atoms with van der Waals surface area (Å²) in [5.41, 5.74) is 8.07. The SMILES string of the molecule is N#CCC(=N)N1CCC(CNC(=O)[C@@H](NC(=O)C(Cc2ccc(C(=N)N)cc2)c2cccc(Br)c2)C2CCCCC2)CC1. The largest absolute Gasteiger partial charge is 0.384 e. The molecule has 1 saturated carbocycles. The second kappa shape index (κ2) is 15.7. The molecule has 6 N–H and O–H groups in total. The van der Waals surface area contributed by atoms with Crippen molar-refractivity contribution in [3.05, 3.63) is 69.7 Å². The normalized spacial score (nSPS) is 17.3. The first-order chi connectivity index (χ1) is 20.7. The number of carbonyl (C=O) groups excluding carboxylic acids is 2. The zero-order chi connectivity index (χ0) is 30.8. The van der Waals surface area contributed by atoms with E-state index in [0.717, 1.165) is 60.5 Å². The Labute approximate surface area is 262 Å². The minimum absolute atomic E-state index is 0.00167. The standard InChI is InChI=1S/C33H42BrN7O2/c34-27-8-4-7-26(20-27)28(19-22-9-11-25(12-10-22)31(37)38)32(42)40-30(24-5-2-1-3-6-24)33(43)39-21-23-14-17-41(18-15-23)29(36)13-16-35/h4,7-12,20,23-24,28,30,36H,1-3,5-6,13-15,17-19,21H2,(H3,37,38)(H,39,43)(H,40,42)/t28?,30-/m0/s1. The summed E-state index contributed by atoms with van der Waals surface area (Å²) in [6.45, 7) is 1.96. The number of nitrogens with one attached hydrogen (secondary N) is 4. The van der Waals surface area contributed by atoms with Gasteiger partial charge in [0.2, 0.25) is 11.8 Å². The van der Waals surface area contributed by atoms with E-state index in [0.29, 0.717) is 43.4 Å². The minimum atomic E-state index is -0.605. The summed E-state index contributed by atoms with van der Waals surface area (Å²) < 4.78 is 0.880. The summed E-state index contributed by atoms with van der Waals surface area (Å²) in [5, 5.41) is 31.0. The number of nitrogens with zero attached hydrogens (tertiary/aromatic N) is 2. The van der Waals surface area contributed by atoms with Gasteiger partial charge in [-0.05, 0) is 67.2 Å². The van der Waals surface area contributed by atoms with Crippen molar-refractivity contribution >= 4 is 39.4 Å². The van der Waals surface area contributed by atoms with Gasteiger partial charge in [0.05, 0.1) is 18.4 Å². The Hall–Kier alpha value is -3.71. The number of likely N-dealkylation sites (tertiary alicyclic amines) is 1. The predicted octanol–water partition coefficient (Wildman–Crippen LogP) is 4.84. The van der Waals surface area contributed by atoms with Gasteiger partial charge >= 0.3 is 0 Å².